The second kappa shape index (κ2) is 8.12. The van der Waals surface area contributed by atoms with E-state index in [1.807, 2.05) is 0 Å². The van der Waals surface area contributed by atoms with Gasteiger partial charge in [0.1, 0.15) is 18.1 Å². The topological polar surface area (TPSA) is 72.8 Å². The van der Waals surface area contributed by atoms with Crippen LogP contribution in [0.2, 0.25) is 0 Å². The van der Waals surface area contributed by atoms with Gasteiger partial charge in [-0.15, -0.1) is 0 Å². The fraction of sp³-hybridized carbons (Fsp3) is 0.0588. The van der Waals surface area contributed by atoms with E-state index in [1.54, 1.807) is 24.3 Å². The van der Waals surface area contributed by atoms with Crippen molar-refractivity contribution in [2.45, 2.75) is 0 Å². The molecule has 2 aromatic rings. The molecule has 0 unspecified atom stereocenters. The molecule has 2 aromatic carbocycles. The molecule has 0 aromatic heterocycles. The average molecular weight is 456 g/mol. The molecule has 5 nitrogen and oxygen atoms in total. The Kier molecular flexibility index (Phi) is 6.16. The van der Waals surface area contributed by atoms with Crippen molar-refractivity contribution in [1.29, 1.82) is 0 Å². The van der Waals surface area contributed by atoms with Crippen molar-refractivity contribution in [3.05, 3.63) is 69.1 Å². The van der Waals surface area contributed by atoms with Crippen LogP contribution >= 0.6 is 31.9 Å². The van der Waals surface area contributed by atoms with E-state index in [0.717, 1.165) is 0 Å². The minimum absolute atomic E-state index is 0.0909. The van der Waals surface area contributed by atoms with E-state index in [-0.39, 0.29) is 11.3 Å². The number of ether oxygens (including phenoxy) is 2. The SMILES string of the molecule is C=CCOc1ccc(C(=O)Oc2ccc(C(=O)O)cc2Br)cc1Br. The van der Waals surface area contributed by atoms with Crippen LogP contribution in [0.1, 0.15) is 20.7 Å². The highest BCUT2D eigenvalue weighted by Gasteiger charge is 2.14. The fourth-order valence-corrected chi connectivity index (χ4v) is 2.72. The van der Waals surface area contributed by atoms with Gasteiger partial charge in [-0.3, -0.25) is 0 Å². The highest BCUT2D eigenvalue weighted by Crippen LogP contribution is 2.29. The van der Waals surface area contributed by atoms with Crippen LogP contribution in [0, 0.1) is 0 Å². The Labute approximate surface area is 155 Å². The van der Waals surface area contributed by atoms with Crippen LogP contribution in [0.4, 0.5) is 0 Å². The zero-order valence-corrected chi connectivity index (χ0v) is 15.5. The van der Waals surface area contributed by atoms with Gasteiger partial charge in [0.05, 0.1) is 20.1 Å². The van der Waals surface area contributed by atoms with Crippen LogP contribution in [0.25, 0.3) is 0 Å². The van der Waals surface area contributed by atoms with Gasteiger partial charge in [-0.25, -0.2) is 9.59 Å². The summed E-state index contributed by atoms with van der Waals surface area (Å²) >= 11 is 6.52. The second-order valence-corrected chi connectivity index (χ2v) is 6.29. The van der Waals surface area contributed by atoms with Gasteiger partial charge in [0.15, 0.2) is 0 Å². The number of aromatic carboxylic acids is 1. The molecule has 0 heterocycles. The molecule has 1 N–H and O–H groups in total. The Hall–Kier alpha value is -2.12. The van der Waals surface area contributed by atoms with Gasteiger partial charge < -0.3 is 14.6 Å². The fourth-order valence-electron chi connectivity index (χ4n) is 1.77. The van der Waals surface area contributed by atoms with Gasteiger partial charge in [-0.2, -0.15) is 0 Å². The van der Waals surface area contributed by atoms with Crippen molar-refractivity contribution in [2.75, 3.05) is 6.61 Å². The molecule has 24 heavy (non-hydrogen) atoms. The summed E-state index contributed by atoms with van der Waals surface area (Å²) in [5, 5.41) is 8.93. The van der Waals surface area contributed by atoms with E-state index in [9.17, 15) is 9.59 Å². The van der Waals surface area contributed by atoms with Crippen LogP contribution in [0.3, 0.4) is 0 Å². The van der Waals surface area contributed by atoms with Crippen LogP contribution in [-0.4, -0.2) is 23.7 Å². The molecule has 0 atom stereocenters. The molecule has 0 radical (unpaired) electrons. The third-order valence-electron chi connectivity index (χ3n) is 2.91. The molecule has 124 valence electrons. The van der Waals surface area contributed by atoms with Gasteiger partial charge >= 0.3 is 11.9 Å². The molecule has 0 aliphatic rings. The Morgan fingerprint density at radius 2 is 1.62 bits per heavy atom. The van der Waals surface area contributed by atoms with E-state index >= 15 is 0 Å². The summed E-state index contributed by atoms with van der Waals surface area (Å²) in [6.07, 6.45) is 1.62. The summed E-state index contributed by atoms with van der Waals surface area (Å²) in [6, 6.07) is 8.95. The molecule has 0 spiro atoms. The maximum Gasteiger partial charge on any atom is 0.343 e. The van der Waals surface area contributed by atoms with Crippen molar-refractivity contribution in [2.24, 2.45) is 0 Å². The number of hydrogen-bond acceptors (Lipinski definition) is 4. The molecule has 7 heteroatoms. The Balaban J connectivity index is 2.16. The Bertz CT molecular complexity index is 802. The number of halogens is 2. The molecular weight excluding hydrogens is 444 g/mol. The van der Waals surface area contributed by atoms with Crippen LogP contribution in [0.15, 0.2) is 58.0 Å². The van der Waals surface area contributed by atoms with E-state index in [2.05, 4.69) is 38.4 Å². The molecule has 0 saturated carbocycles. The maximum atomic E-state index is 12.2. The molecule has 0 amide bonds. The van der Waals surface area contributed by atoms with Gasteiger partial charge in [0.25, 0.3) is 0 Å². The first-order chi connectivity index (χ1) is 11.4. The van der Waals surface area contributed by atoms with E-state index in [4.69, 9.17) is 14.6 Å². The third-order valence-corrected chi connectivity index (χ3v) is 4.15. The Morgan fingerprint density at radius 1 is 1.04 bits per heavy atom. The molecular formula is C17H12Br2O5. The number of carboxylic acids is 1. The number of carbonyl (C=O) groups excluding carboxylic acids is 1. The van der Waals surface area contributed by atoms with E-state index in [0.29, 0.717) is 26.9 Å². The van der Waals surface area contributed by atoms with Crippen molar-refractivity contribution in [3.63, 3.8) is 0 Å². The number of carboxylic acid groups (broad SMARTS) is 1. The molecule has 0 aliphatic carbocycles. The van der Waals surface area contributed by atoms with Gasteiger partial charge in [-0.05, 0) is 68.3 Å². The predicted octanol–water partition coefficient (Wildman–Crippen LogP) is 4.69. The smallest absolute Gasteiger partial charge is 0.343 e. The summed E-state index contributed by atoms with van der Waals surface area (Å²) < 4.78 is 11.7. The number of hydrogen-bond donors (Lipinski definition) is 1. The monoisotopic (exact) mass is 454 g/mol. The lowest BCUT2D eigenvalue weighted by molar-refractivity contribution is 0.0696. The first kappa shape index (κ1) is 18.2. The highest BCUT2D eigenvalue weighted by atomic mass is 79.9. The summed E-state index contributed by atoms with van der Waals surface area (Å²) in [6.45, 7) is 3.92. The summed E-state index contributed by atoms with van der Waals surface area (Å²) in [5.74, 6) is -0.825. The summed E-state index contributed by atoms with van der Waals surface area (Å²) in [5.41, 5.74) is 0.412. The lowest BCUT2D eigenvalue weighted by atomic mass is 10.2. The number of benzene rings is 2. The average Bonchev–Trinajstić information content (AvgIpc) is 2.55. The minimum atomic E-state index is -1.06. The van der Waals surface area contributed by atoms with Crippen LogP contribution in [-0.2, 0) is 0 Å². The quantitative estimate of drug-likeness (QED) is 0.388. The molecule has 0 aliphatic heterocycles. The highest BCUT2D eigenvalue weighted by molar-refractivity contribution is 9.10. The van der Waals surface area contributed by atoms with Gasteiger partial charge in [0, 0.05) is 0 Å². The molecule has 0 saturated heterocycles. The van der Waals surface area contributed by atoms with Crippen LogP contribution in [0.5, 0.6) is 11.5 Å². The van der Waals surface area contributed by atoms with Crippen molar-refractivity contribution in [1.82, 2.24) is 0 Å². The minimum Gasteiger partial charge on any atom is -0.488 e. The first-order valence-corrected chi connectivity index (χ1v) is 8.29. The first-order valence-electron chi connectivity index (χ1n) is 6.70. The number of rotatable bonds is 6. The zero-order chi connectivity index (χ0) is 17.7. The molecule has 0 fully saturated rings. The summed E-state index contributed by atoms with van der Waals surface area (Å²) in [4.78, 5) is 23.1. The van der Waals surface area contributed by atoms with Crippen LogP contribution < -0.4 is 9.47 Å². The van der Waals surface area contributed by atoms with Gasteiger partial charge in [0.2, 0.25) is 0 Å². The van der Waals surface area contributed by atoms with Gasteiger partial charge in [-0.1, -0.05) is 12.7 Å². The standard InChI is InChI=1S/C17H12Br2O5/c1-2-7-23-14-5-4-11(9-12(14)18)17(22)24-15-6-3-10(16(20)21)8-13(15)19/h2-6,8-9H,1,7H2,(H,20,21). The normalized spacial score (nSPS) is 10.1. The summed E-state index contributed by atoms with van der Waals surface area (Å²) in [7, 11) is 0. The van der Waals surface area contributed by atoms with E-state index < -0.39 is 11.9 Å². The van der Waals surface area contributed by atoms with E-state index in [1.165, 1.54) is 18.2 Å². The van der Waals surface area contributed by atoms with Crippen molar-refractivity contribution in [3.8, 4) is 11.5 Å². The lowest BCUT2D eigenvalue weighted by Gasteiger charge is -2.09. The molecule has 2 rings (SSSR count). The Morgan fingerprint density at radius 3 is 2.21 bits per heavy atom. The number of esters is 1. The maximum absolute atomic E-state index is 12.2. The third kappa shape index (κ3) is 4.46. The van der Waals surface area contributed by atoms with Crippen molar-refractivity contribution >= 4 is 43.8 Å². The second-order valence-electron chi connectivity index (χ2n) is 4.58. The largest absolute Gasteiger partial charge is 0.488 e. The zero-order valence-electron chi connectivity index (χ0n) is 12.3. The van der Waals surface area contributed by atoms with Crippen molar-refractivity contribution < 1.29 is 24.2 Å². The lowest BCUT2D eigenvalue weighted by Crippen LogP contribution is -2.09. The molecule has 0 bridgehead atoms. The predicted molar refractivity (Wildman–Crippen MR) is 95.9 cm³/mol. The number of carbonyl (C=O) groups is 2.